The quantitative estimate of drug-likeness (QED) is 0.105. The molecule has 0 aliphatic rings. The number of aliphatic hydroxyl groups excluding tert-OH is 1. The molecule has 0 saturated carbocycles. The molecule has 0 radical (unpaired) electrons. The molecule has 0 fully saturated rings. The summed E-state index contributed by atoms with van der Waals surface area (Å²) in [4.78, 5) is 60.2. The third-order valence-electron chi connectivity index (χ3n) is 8.40. The van der Waals surface area contributed by atoms with Crippen molar-refractivity contribution in [2.75, 3.05) is 6.61 Å². The molecule has 49 heavy (non-hydrogen) atoms. The van der Waals surface area contributed by atoms with Gasteiger partial charge in [-0.15, -0.1) is 0 Å². The molecule has 3 aromatic carbocycles. The molecule has 0 bridgehead atoms. The Hall–Kier alpha value is -5.23. The van der Waals surface area contributed by atoms with Crippen LogP contribution in [0.1, 0.15) is 50.4 Å². The van der Waals surface area contributed by atoms with Crippen LogP contribution in [0.25, 0.3) is 10.8 Å². The Morgan fingerprint density at radius 2 is 1.53 bits per heavy atom. The zero-order valence-electron chi connectivity index (χ0n) is 28.1. The Morgan fingerprint density at radius 3 is 2.24 bits per heavy atom. The van der Waals surface area contributed by atoms with Gasteiger partial charge in [-0.05, 0) is 34.7 Å². The lowest BCUT2D eigenvalue weighted by Gasteiger charge is -2.31. The van der Waals surface area contributed by atoms with E-state index in [9.17, 15) is 24.3 Å². The van der Waals surface area contributed by atoms with Gasteiger partial charge in [0.25, 0.3) is 0 Å². The first kappa shape index (κ1) is 36.6. The molecule has 1 aromatic heterocycles. The second-order valence-corrected chi connectivity index (χ2v) is 11.9. The molecule has 1 heterocycles. The number of hydrogen-bond acceptors (Lipinski definition) is 8. The second kappa shape index (κ2) is 18.3. The van der Waals surface area contributed by atoms with Crippen LogP contribution in [-0.4, -0.2) is 69.8 Å². The number of aliphatic hydroxyl groups is 1. The molecule has 0 saturated heterocycles. The highest BCUT2D eigenvalue weighted by atomic mass is 16.5. The number of hydrogen-bond donors (Lipinski definition) is 5. The molecule has 4 rings (SSSR count). The summed E-state index contributed by atoms with van der Waals surface area (Å²) in [5.41, 5.74) is 2.17. The number of alkyl carbamates (subject to hydrolysis) is 1. The SMILES string of the molecule is CCOC(=O)CC(O)C(NC(=O)[C@H](Cc1cnc[nH]1)NC(=O)[C@@H](Cc1cccc2ccccc12)NC(=O)OCc1ccccc1)C(C)CC. The molecule has 12 heteroatoms. The van der Waals surface area contributed by atoms with Crippen LogP contribution < -0.4 is 16.0 Å². The van der Waals surface area contributed by atoms with E-state index in [2.05, 4.69) is 25.9 Å². The van der Waals surface area contributed by atoms with Gasteiger partial charge in [0.15, 0.2) is 0 Å². The summed E-state index contributed by atoms with van der Waals surface area (Å²) in [5, 5.41) is 21.3. The third-order valence-corrected chi connectivity index (χ3v) is 8.40. The lowest BCUT2D eigenvalue weighted by Crippen LogP contribution is -2.58. The fourth-order valence-corrected chi connectivity index (χ4v) is 5.56. The van der Waals surface area contributed by atoms with Gasteiger partial charge in [-0.25, -0.2) is 9.78 Å². The van der Waals surface area contributed by atoms with Crippen molar-refractivity contribution in [3.63, 3.8) is 0 Å². The second-order valence-electron chi connectivity index (χ2n) is 11.9. The van der Waals surface area contributed by atoms with Gasteiger partial charge in [-0.1, -0.05) is 93.1 Å². The smallest absolute Gasteiger partial charge is 0.408 e. The van der Waals surface area contributed by atoms with Crippen LogP contribution in [0.2, 0.25) is 0 Å². The Balaban J connectivity index is 1.58. The lowest BCUT2D eigenvalue weighted by atomic mass is 9.92. The summed E-state index contributed by atoms with van der Waals surface area (Å²) in [7, 11) is 0. The first-order valence-electron chi connectivity index (χ1n) is 16.5. The summed E-state index contributed by atoms with van der Waals surface area (Å²) < 4.78 is 10.5. The van der Waals surface area contributed by atoms with Crippen molar-refractivity contribution in [3.05, 3.63) is 102 Å². The predicted octanol–water partition coefficient (Wildman–Crippen LogP) is 3.97. The van der Waals surface area contributed by atoms with E-state index in [0.717, 1.165) is 21.9 Å². The van der Waals surface area contributed by atoms with Crippen LogP contribution in [0.4, 0.5) is 4.79 Å². The number of aromatic amines is 1. The van der Waals surface area contributed by atoms with Crippen molar-refractivity contribution in [2.24, 2.45) is 5.92 Å². The van der Waals surface area contributed by atoms with Gasteiger partial charge in [0.2, 0.25) is 11.8 Å². The van der Waals surface area contributed by atoms with Crippen LogP contribution in [0.15, 0.2) is 85.3 Å². The normalized spacial score (nSPS) is 14.1. The highest BCUT2D eigenvalue weighted by molar-refractivity contribution is 5.93. The molecule has 3 unspecified atom stereocenters. The van der Waals surface area contributed by atoms with Gasteiger partial charge >= 0.3 is 12.1 Å². The molecule has 0 spiro atoms. The summed E-state index contributed by atoms with van der Waals surface area (Å²) in [6, 6.07) is 19.6. The average molecular weight is 672 g/mol. The standard InChI is InChI=1S/C37H45N5O7/c1-4-24(3)34(32(43)20-33(44)48-5-2)42-36(46)31(19-28-21-38-23-39-28)40-35(45)30(41-37(47)49-22-25-12-7-6-8-13-25)18-27-16-11-15-26-14-9-10-17-29(26)27/h6-17,21,23-24,30-32,34,43H,4-5,18-20,22H2,1-3H3,(H,38,39)(H,40,45)(H,41,47)(H,42,46)/t24?,30-,31+,32?,34?/m1/s1. The van der Waals surface area contributed by atoms with Crippen LogP contribution in [0.5, 0.6) is 0 Å². The van der Waals surface area contributed by atoms with Crippen molar-refractivity contribution in [2.45, 2.75) is 77.3 Å². The Kier molecular flexibility index (Phi) is 13.7. The number of carbonyl (C=O) groups is 4. The number of nitrogens with one attached hydrogen (secondary N) is 4. The maximum Gasteiger partial charge on any atom is 0.408 e. The topological polar surface area (TPSA) is 172 Å². The molecule has 260 valence electrons. The van der Waals surface area contributed by atoms with E-state index in [1.54, 1.807) is 13.1 Å². The maximum atomic E-state index is 14.1. The van der Waals surface area contributed by atoms with Gasteiger partial charge in [-0.2, -0.15) is 0 Å². The van der Waals surface area contributed by atoms with Gasteiger partial charge in [0.05, 0.1) is 31.5 Å². The number of rotatable bonds is 17. The summed E-state index contributed by atoms with van der Waals surface area (Å²) in [6.45, 7) is 5.60. The minimum Gasteiger partial charge on any atom is -0.466 e. The molecule has 3 amide bonds. The monoisotopic (exact) mass is 671 g/mol. The van der Waals surface area contributed by atoms with E-state index >= 15 is 0 Å². The van der Waals surface area contributed by atoms with Crippen LogP contribution in [0.3, 0.4) is 0 Å². The molecule has 5 atom stereocenters. The highest BCUT2D eigenvalue weighted by Crippen LogP contribution is 2.20. The predicted molar refractivity (Wildman–Crippen MR) is 184 cm³/mol. The van der Waals surface area contributed by atoms with Crippen molar-refractivity contribution in [1.29, 1.82) is 0 Å². The Bertz CT molecular complexity index is 1660. The largest absolute Gasteiger partial charge is 0.466 e. The first-order chi connectivity index (χ1) is 23.7. The van der Waals surface area contributed by atoms with Crippen molar-refractivity contribution < 1.29 is 33.8 Å². The molecule has 0 aliphatic carbocycles. The van der Waals surface area contributed by atoms with Crippen molar-refractivity contribution in [1.82, 2.24) is 25.9 Å². The minimum atomic E-state index is -1.22. The summed E-state index contributed by atoms with van der Waals surface area (Å²) in [6.07, 6.45) is 1.44. The Morgan fingerprint density at radius 1 is 0.837 bits per heavy atom. The minimum absolute atomic E-state index is 0.00522. The van der Waals surface area contributed by atoms with Crippen molar-refractivity contribution >= 4 is 34.6 Å². The number of nitrogens with zero attached hydrogens (tertiary/aromatic N) is 1. The fourth-order valence-electron chi connectivity index (χ4n) is 5.56. The molecular weight excluding hydrogens is 626 g/mol. The number of fused-ring (bicyclic) bond motifs is 1. The van der Waals surface area contributed by atoms with E-state index in [1.807, 2.05) is 86.6 Å². The van der Waals surface area contributed by atoms with Gasteiger partial charge in [-0.3, -0.25) is 14.4 Å². The van der Waals surface area contributed by atoms with Crippen molar-refractivity contribution in [3.8, 4) is 0 Å². The number of amides is 3. The third kappa shape index (κ3) is 10.9. The molecule has 12 nitrogen and oxygen atoms in total. The average Bonchev–Trinajstić information content (AvgIpc) is 3.62. The fraction of sp³-hybridized carbons (Fsp3) is 0.378. The zero-order valence-corrected chi connectivity index (χ0v) is 28.1. The number of carbonyl (C=O) groups excluding carboxylic acids is 4. The van der Waals surface area contributed by atoms with Gasteiger partial charge in [0, 0.05) is 24.7 Å². The lowest BCUT2D eigenvalue weighted by molar-refractivity contribution is -0.146. The number of aromatic nitrogens is 2. The van der Waals surface area contributed by atoms with E-state index in [4.69, 9.17) is 9.47 Å². The van der Waals surface area contributed by atoms with E-state index < -0.39 is 48.1 Å². The molecular formula is C37H45N5O7. The molecule has 0 aliphatic heterocycles. The molecule has 4 aromatic rings. The van der Waals surface area contributed by atoms with E-state index in [-0.39, 0.29) is 38.4 Å². The number of imidazole rings is 1. The van der Waals surface area contributed by atoms with E-state index in [0.29, 0.717) is 12.1 Å². The maximum absolute atomic E-state index is 14.1. The number of ether oxygens (including phenoxy) is 2. The first-order valence-corrected chi connectivity index (χ1v) is 16.5. The zero-order chi connectivity index (χ0) is 35.2. The van der Waals surface area contributed by atoms with Gasteiger partial charge < -0.3 is 35.5 Å². The van der Waals surface area contributed by atoms with E-state index in [1.165, 1.54) is 6.33 Å². The summed E-state index contributed by atoms with van der Waals surface area (Å²) >= 11 is 0. The number of benzene rings is 3. The van der Waals surface area contributed by atoms with Crippen LogP contribution >= 0.6 is 0 Å². The van der Waals surface area contributed by atoms with Gasteiger partial charge in [0.1, 0.15) is 18.7 Å². The van der Waals surface area contributed by atoms with Crippen LogP contribution in [0, 0.1) is 5.92 Å². The van der Waals surface area contributed by atoms with Crippen LogP contribution in [-0.2, 0) is 43.3 Å². The number of H-pyrrole nitrogens is 1. The number of esters is 1. The highest BCUT2D eigenvalue weighted by Gasteiger charge is 2.33. The molecule has 5 N–H and O–H groups in total. The summed E-state index contributed by atoms with van der Waals surface area (Å²) in [5.74, 6) is -1.98. The Labute approximate surface area is 286 Å².